The number of halogens is 1. The van der Waals surface area contributed by atoms with Crippen molar-refractivity contribution in [3.8, 4) is 0 Å². The van der Waals surface area contributed by atoms with Gasteiger partial charge >= 0.3 is 0 Å². The molecule has 100 valence electrons. The molecule has 1 aromatic heterocycles. The number of nitrogens with one attached hydrogen (secondary N) is 1. The SMILES string of the molecule is Brc1cc2c(s1)CCCC2NCC1CCOCC1. The van der Waals surface area contributed by atoms with Gasteiger partial charge in [-0.2, -0.15) is 0 Å². The van der Waals surface area contributed by atoms with Crippen LogP contribution in [0.1, 0.15) is 42.2 Å². The summed E-state index contributed by atoms with van der Waals surface area (Å²) < 4.78 is 6.70. The molecule has 18 heavy (non-hydrogen) atoms. The molecule has 0 amide bonds. The molecule has 0 aromatic carbocycles. The van der Waals surface area contributed by atoms with E-state index in [1.165, 1.54) is 35.9 Å². The van der Waals surface area contributed by atoms with Gasteiger partial charge in [0.15, 0.2) is 0 Å². The highest BCUT2D eigenvalue weighted by molar-refractivity contribution is 9.11. The maximum absolute atomic E-state index is 5.42. The molecule has 0 saturated carbocycles. The molecule has 0 spiro atoms. The third-order valence-corrected chi connectivity index (χ3v) is 5.79. The molecule has 0 bridgehead atoms. The predicted molar refractivity (Wildman–Crippen MR) is 79.2 cm³/mol. The van der Waals surface area contributed by atoms with E-state index in [2.05, 4.69) is 27.3 Å². The van der Waals surface area contributed by atoms with Gasteiger partial charge in [0, 0.05) is 24.1 Å². The first-order valence-electron chi connectivity index (χ1n) is 6.92. The number of hydrogen-bond donors (Lipinski definition) is 1. The highest BCUT2D eigenvalue weighted by Crippen LogP contribution is 2.38. The van der Waals surface area contributed by atoms with Crippen molar-refractivity contribution >= 4 is 27.3 Å². The minimum atomic E-state index is 0.583. The Hall–Kier alpha value is 0.1000. The second kappa shape index (κ2) is 6.04. The second-order valence-electron chi connectivity index (χ2n) is 5.34. The highest BCUT2D eigenvalue weighted by atomic mass is 79.9. The molecule has 1 aliphatic carbocycles. The molecule has 1 N–H and O–H groups in total. The summed E-state index contributed by atoms with van der Waals surface area (Å²) in [6, 6.07) is 2.90. The number of rotatable bonds is 3. The summed E-state index contributed by atoms with van der Waals surface area (Å²) >= 11 is 5.53. The van der Waals surface area contributed by atoms with Crippen molar-refractivity contribution in [1.29, 1.82) is 0 Å². The van der Waals surface area contributed by atoms with Gasteiger partial charge in [-0.3, -0.25) is 0 Å². The zero-order valence-corrected chi connectivity index (χ0v) is 13.0. The van der Waals surface area contributed by atoms with Crippen LogP contribution in [0.15, 0.2) is 9.85 Å². The number of aryl methyl sites for hydroxylation is 1. The van der Waals surface area contributed by atoms with E-state index < -0.39 is 0 Å². The fourth-order valence-electron chi connectivity index (χ4n) is 2.99. The monoisotopic (exact) mass is 329 g/mol. The zero-order chi connectivity index (χ0) is 12.4. The lowest BCUT2D eigenvalue weighted by molar-refractivity contribution is 0.0652. The van der Waals surface area contributed by atoms with Crippen molar-refractivity contribution in [1.82, 2.24) is 5.32 Å². The van der Waals surface area contributed by atoms with E-state index in [1.54, 1.807) is 10.4 Å². The predicted octanol–water partition coefficient (Wildman–Crippen LogP) is 3.90. The van der Waals surface area contributed by atoms with Crippen molar-refractivity contribution in [2.24, 2.45) is 5.92 Å². The van der Waals surface area contributed by atoms with Gasteiger partial charge in [-0.1, -0.05) is 0 Å². The van der Waals surface area contributed by atoms with Gasteiger partial charge in [-0.15, -0.1) is 11.3 Å². The number of ether oxygens (including phenoxy) is 1. The van der Waals surface area contributed by atoms with E-state index in [-0.39, 0.29) is 0 Å². The number of thiophene rings is 1. The van der Waals surface area contributed by atoms with Crippen molar-refractivity contribution in [3.05, 3.63) is 20.3 Å². The minimum absolute atomic E-state index is 0.583. The summed E-state index contributed by atoms with van der Waals surface area (Å²) in [5.41, 5.74) is 1.55. The Labute approximate surface area is 121 Å². The fraction of sp³-hybridized carbons (Fsp3) is 0.714. The minimum Gasteiger partial charge on any atom is -0.381 e. The summed E-state index contributed by atoms with van der Waals surface area (Å²) in [6.07, 6.45) is 6.33. The summed E-state index contributed by atoms with van der Waals surface area (Å²) in [5, 5.41) is 3.79. The lowest BCUT2D eigenvalue weighted by atomic mass is 9.92. The Kier molecular flexibility index (Phi) is 4.39. The largest absolute Gasteiger partial charge is 0.381 e. The van der Waals surface area contributed by atoms with Crippen LogP contribution in [0, 0.1) is 5.92 Å². The van der Waals surface area contributed by atoms with Gasteiger partial charge < -0.3 is 10.1 Å². The maximum Gasteiger partial charge on any atom is 0.0704 e. The standard InChI is InChI=1S/C14H20BrNOS/c15-14-8-11-12(2-1-3-13(11)18-14)16-9-10-4-6-17-7-5-10/h8,10,12,16H,1-7,9H2. The lowest BCUT2D eigenvalue weighted by Crippen LogP contribution is -2.31. The van der Waals surface area contributed by atoms with Crippen molar-refractivity contribution < 1.29 is 4.74 Å². The Bertz CT molecular complexity index is 400. The van der Waals surface area contributed by atoms with Crippen LogP contribution in [0.4, 0.5) is 0 Å². The van der Waals surface area contributed by atoms with Crippen LogP contribution in [0.3, 0.4) is 0 Å². The number of hydrogen-bond acceptors (Lipinski definition) is 3. The Morgan fingerprint density at radius 3 is 3.00 bits per heavy atom. The molecular formula is C14H20BrNOS. The average Bonchev–Trinajstić information content (AvgIpc) is 2.78. The smallest absolute Gasteiger partial charge is 0.0704 e. The van der Waals surface area contributed by atoms with Crippen LogP contribution >= 0.6 is 27.3 Å². The Morgan fingerprint density at radius 1 is 1.33 bits per heavy atom. The van der Waals surface area contributed by atoms with E-state index in [4.69, 9.17) is 4.74 Å². The maximum atomic E-state index is 5.42. The molecule has 0 radical (unpaired) electrons. The van der Waals surface area contributed by atoms with Crippen LogP contribution in [0.2, 0.25) is 0 Å². The third-order valence-electron chi connectivity index (χ3n) is 4.08. The van der Waals surface area contributed by atoms with Crippen LogP contribution in [0.5, 0.6) is 0 Å². The molecule has 1 saturated heterocycles. The van der Waals surface area contributed by atoms with Crippen LogP contribution in [-0.4, -0.2) is 19.8 Å². The average molecular weight is 330 g/mol. The molecular weight excluding hydrogens is 310 g/mol. The van der Waals surface area contributed by atoms with Gasteiger partial charge in [-0.25, -0.2) is 0 Å². The van der Waals surface area contributed by atoms with E-state index in [0.717, 1.165) is 25.7 Å². The molecule has 2 heterocycles. The van der Waals surface area contributed by atoms with Crippen LogP contribution in [-0.2, 0) is 11.2 Å². The molecule has 2 nitrogen and oxygen atoms in total. The third kappa shape index (κ3) is 2.98. The van der Waals surface area contributed by atoms with Gasteiger partial charge in [-0.05, 0) is 72.1 Å². The molecule has 3 rings (SSSR count). The van der Waals surface area contributed by atoms with E-state index >= 15 is 0 Å². The first-order chi connectivity index (χ1) is 8.83. The van der Waals surface area contributed by atoms with Gasteiger partial charge in [0.1, 0.15) is 0 Å². The molecule has 1 aliphatic heterocycles. The lowest BCUT2D eigenvalue weighted by Gasteiger charge is -2.28. The Morgan fingerprint density at radius 2 is 2.17 bits per heavy atom. The molecule has 4 heteroatoms. The van der Waals surface area contributed by atoms with Crippen LogP contribution < -0.4 is 5.32 Å². The van der Waals surface area contributed by atoms with Crippen molar-refractivity contribution in [2.75, 3.05) is 19.8 Å². The van der Waals surface area contributed by atoms with Crippen LogP contribution in [0.25, 0.3) is 0 Å². The molecule has 1 fully saturated rings. The molecule has 2 aliphatic rings. The number of fused-ring (bicyclic) bond motifs is 1. The Balaban J connectivity index is 1.59. The molecule has 1 atom stereocenters. The van der Waals surface area contributed by atoms with E-state index in [1.807, 2.05) is 11.3 Å². The zero-order valence-electron chi connectivity index (χ0n) is 10.6. The van der Waals surface area contributed by atoms with Gasteiger partial charge in [0.05, 0.1) is 3.79 Å². The van der Waals surface area contributed by atoms with Gasteiger partial charge in [0.2, 0.25) is 0 Å². The second-order valence-corrected chi connectivity index (χ2v) is 7.85. The van der Waals surface area contributed by atoms with E-state index in [9.17, 15) is 0 Å². The first kappa shape index (κ1) is 13.1. The highest BCUT2D eigenvalue weighted by Gasteiger charge is 2.23. The summed E-state index contributed by atoms with van der Waals surface area (Å²) in [4.78, 5) is 1.58. The topological polar surface area (TPSA) is 21.3 Å². The molecule has 1 aromatic rings. The normalized spacial score (nSPS) is 25.1. The summed E-state index contributed by atoms with van der Waals surface area (Å²) in [7, 11) is 0. The fourth-order valence-corrected chi connectivity index (χ4v) is 4.81. The molecule has 1 unspecified atom stereocenters. The van der Waals surface area contributed by atoms with Crippen molar-refractivity contribution in [3.63, 3.8) is 0 Å². The van der Waals surface area contributed by atoms with Gasteiger partial charge in [0.25, 0.3) is 0 Å². The summed E-state index contributed by atoms with van der Waals surface area (Å²) in [6.45, 7) is 3.06. The quantitative estimate of drug-likeness (QED) is 0.907. The van der Waals surface area contributed by atoms with Crippen molar-refractivity contribution in [2.45, 2.75) is 38.1 Å². The summed E-state index contributed by atoms with van der Waals surface area (Å²) in [5.74, 6) is 0.811. The first-order valence-corrected chi connectivity index (χ1v) is 8.53. The van der Waals surface area contributed by atoms with E-state index in [0.29, 0.717) is 6.04 Å².